The highest BCUT2D eigenvalue weighted by Crippen LogP contribution is 2.24. The molecule has 0 bridgehead atoms. The number of carbonyl (C=O) groups excluding carboxylic acids is 1. The molecule has 0 saturated heterocycles. The number of nitrogens with zero attached hydrogens (tertiary/aromatic N) is 1. The van der Waals surface area contributed by atoms with E-state index < -0.39 is 0 Å². The average Bonchev–Trinajstić information content (AvgIpc) is 2.81. The Labute approximate surface area is 129 Å². The van der Waals surface area contributed by atoms with Crippen LogP contribution in [-0.4, -0.2) is 37.2 Å². The van der Waals surface area contributed by atoms with E-state index >= 15 is 0 Å². The summed E-state index contributed by atoms with van der Waals surface area (Å²) in [5.41, 5.74) is 5.77. The zero-order chi connectivity index (χ0) is 15.7. The van der Waals surface area contributed by atoms with Crippen LogP contribution in [0.2, 0.25) is 0 Å². The van der Waals surface area contributed by atoms with Gasteiger partial charge in [-0.1, -0.05) is 31.3 Å². The second-order valence-corrected chi connectivity index (χ2v) is 5.95. The van der Waals surface area contributed by atoms with Crippen molar-refractivity contribution in [1.82, 2.24) is 10.3 Å². The molecular formula is C14H24N4O2S. The van der Waals surface area contributed by atoms with Crippen LogP contribution in [0.1, 0.15) is 29.9 Å². The van der Waals surface area contributed by atoms with Crippen molar-refractivity contribution in [2.75, 3.05) is 37.4 Å². The molecule has 4 N–H and O–H groups in total. The highest BCUT2D eigenvalue weighted by atomic mass is 32.1. The van der Waals surface area contributed by atoms with Gasteiger partial charge in [-0.25, -0.2) is 4.98 Å². The number of amides is 1. The summed E-state index contributed by atoms with van der Waals surface area (Å²) in [6, 6.07) is 0. The maximum Gasteiger partial charge on any atom is 0.265 e. The molecule has 118 valence electrons. The summed E-state index contributed by atoms with van der Waals surface area (Å²) >= 11 is 1.27. The number of ether oxygens (including phenoxy) is 1. The minimum Gasteiger partial charge on any atom is -0.382 e. The van der Waals surface area contributed by atoms with Crippen molar-refractivity contribution < 1.29 is 9.53 Å². The zero-order valence-electron chi connectivity index (χ0n) is 12.6. The SMILES string of the molecule is C=CCCOCCNC(=O)c1sc(NCC(C)C)nc1N. The van der Waals surface area contributed by atoms with Crippen molar-refractivity contribution in [3.63, 3.8) is 0 Å². The van der Waals surface area contributed by atoms with Crippen molar-refractivity contribution in [3.8, 4) is 0 Å². The molecule has 7 heteroatoms. The number of aromatic nitrogens is 1. The molecule has 1 rings (SSSR count). The summed E-state index contributed by atoms with van der Waals surface area (Å²) in [4.78, 5) is 16.6. The van der Waals surface area contributed by atoms with Crippen molar-refractivity contribution in [2.45, 2.75) is 20.3 Å². The Bertz CT molecular complexity index is 460. The van der Waals surface area contributed by atoms with E-state index in [1.54, 1.807) is 6.08 Å². The summed E-state index contributed by atoms with van der Waals surface area (Å²) < 4.78 is 5.32. The minimum atomic E-state index is -0.213. The molecule has 0 unspecified atom stereocenters. The number of carbonyl (C=O) groups is 1. The lowest BCUT2D eigenvalue weighted by molar-refractivity contribution is 0.0922. The van der Waals surface area contributed by atoms with E-state index in [2.05, 4.69) is 36.0 Å². The van der Waals surface area contributed by atoms with Gasteiger partial charge in [-0.05, 0) is 12.3 Å². The molecule has 21 heavy (non-hydrogen) atoms. The topological polar surface area (TPSA) is 89.3 Å². The lowest BCUT2D eigenvalue weighted by Crippen LogP contribution is -2.27. The average molecular weight is 312 g/mol. The normalized spacial score (nSPS) is 10.6. The Balaban J connectivity index is 2.37. The number of thiazole rings is 1. The molecule has 0 aliphatic heterocycles. The molecule has 0 aliphatic rings. The van der Waals surface area contributed by atoms with E-state index in [9.17, 15) is 4.79 Å². The van der Waals surface area contributed by atoms with Crippen molar-refractivity contribution in [1.29, 1.82) is 0 Å². The van der Waals surface area contributed by atoms with Gasteiger partial charge in [0.2, 0.25) is 0 Å². The molecule has 1 heterocycles. The Kier molecular flexibility index (Phi) is 7.78. The Morgan fingerprint density at radius 3 is 2.95 bits per heavy atom. The van der Waals surface area contributed by atoms with Gasteiger partial charge in [-0.2, -0.15) is 0 Å². The molecule has 0 atom stereocenters. The number of nitrogen functional groups attached to an aromatic ring is 1. The highest BCUT2D eigenvalue weighted by Gasteiger charge is 2.15. The molecule has 0 saturated carbocycles. The molecule has 0 fully saturated rings. The van der Waals surface area contributed by atoms with Gasteiger partial charge in [-0.3, -0.25) is 4.79 Å². The number of nitrogens with one attached hydrogen (secondary N) is 2. The first-order valence-corrected chi connectivity index (χ1v) is 7.83. The standard InChI is InChI=1S/C14H24N4O2S/c1-4-5-7-20-8-6-16-13(19)11-12(15)18-14(21-11)17-9-10(2)3/h4,10H,1,5-9,15H2,2-3H3,(H,16,19)(H,17,18). The third kappa shape index (κ3) is 6.59. The van der Waals surface area contributed by atoms with Crippen LogP contribution in [0.25, 0.3) is 0 Å². The maximum atomic E-state index is 12.0. The van der Waals surface area contributed by atoms with E-state index in [0.717, 1.165) is 13.0 Å². The quantitative estimate of drug-likeness (QED) is 0.455. The first kappa shape index (κ1) is 17.5. The van der Waals surface area contributed by atoms with Gasteiger partial charge in [-0.15, -0.1) is 6.58 Å². The summed E-state index contributed by atoms with van der Waals surface area (Å²) in [5.74, 6) is 0.548. The molecular weight excluding hydrogens is 288 g/mol. The number of rotatable bonds is 10. The van der Waals surface area contributed by atoms with Crippen LogP contribution in [0.4, 0.5) is 10.9 Å². The molecule has 0 aromatic carbocycles. The van der Waals surface area contributed by atoms with Crippen LogP contribution in [0, 0.1) is 5.92 Å². The van der Waals surface area contributed by atoms with Gasteiger partial charge in [0.1, 0.15) is 10.7 Å². The van der Waals surface area contributed by atoms with E-state index in [-0.39, 0.29) is 11.7 Å². The Morgan fingerprint density at radius 2 is 2.29 bits per heavy atom. The minimum absolute atomic E-state index is 0.213. The summed E-state index contributed by atoms with van der Waals surface area (Å²) in [5, 5.41) is 6.61. The van der Waals surface area contributed by atoms with Gasteiger partial charge in [0.05, 0.1) is 13.2 Å². The first-order chi connectivity index (χ1) is 10.0. The molecule has 6 nitrogen and oxygen atoms in total. The monoisotopic (exact) mass is 312 g/mol. The van der Waals surface area contributed by atoms with Crippen LogP contribution < -0.4 is 16.4 Å². The zero-order valence-corrected chi connectivity index (χ0v) is 13.5. The summed E-state index contributed by atoms with van der Waals surface area (Å²) in [6.07, 6.45) is 2.60. The van der Waals surface area contributed by atoms with Gasteiger partial charge < -0.3 is 21.1 Å². The van der Waals surface area contributed by atoms with Crippen LogP contribution in [0.5, 0.6) is 0 Å². The molecule has 0 aliphatic carbocycles. The lowest BCUT2D eigenvalue weighted by atomic mass is 10.2. The molecule has 1 amide bonds. The van der Waals surface area contributed by atoms with Crippen LogP contribution in [-0.2, 0) is 4.74 Å². The van der Waals surface area contributed by atoms with E-state index in [1.165, 1.54) is 11.3 Å². The molecule has 0 radical (unpaired) electrons. The van der Waals surface area contributed by atoms with Gasteiger partial charge in [0, 0.05) is 13.1 Å². The molecule has 0 spiro atoms. The Hall–Kier alpha value is -1.60. The molecule has 1 aromatic heterocycles. The third-order valence-electron chi connectivity index (χ3n) is 2.52. The first-order valence-electron chi connectivity index (χ1n) is 7.01. The van der Waals surface area contributed by atoms with E-state index in [0.29, 0.717) is 35.7 Å². The number of hydrogen-bond acceptors (Lipinski definition) is 6. The highest BCUT2D eigenvalue weighted by molar-refractivity contribution is 7.18. The largest absolute Gasteiger partial charge is 0.382 e. The second-order valence-electron chi connectivity index (χ2n) is 4.95. The van der Waals surface area contributed by atoms with Crippen LogP contribution >= 0.6 is 11.3 Å². The second kappa shape index (κ2) is 9.36. The third-order valence-corrected chi connectivity index (χ3v) is 3.55. The summed E-state index contributed by atoms with van der Waals surface area (Å²) in [7, 11) is 0. The van der Waals surface area contributed by atoms with Gasteiger partial charge in [0.15, 0.2) is 5.13 Å². The van der Waals surface area contributed by atoms with Crippen LogP contribution in [0.3, 0.4) is 0 Å². The Morgan fingerprint density at radius 1 is 1.52 bits per heavy atom. The fourth-order valence-corrected chi connectivity index (χ4v) is 2.26. The smallest absolute Gasteiger partial charge is 0.265 e. The number of hydrogen-bond donors (Lipinski definition) is 3. The molecule has 1 aromatic rings. The van der Waals surface area contributed by atoms with E-state index in [1.807, 2.05) is 0 Å². The van der Waals surface area contributed by atoms with Gasteiger partial charge in [0.25, 0.3) is 5.91 Å². The predicted molar refractivity (Wildman–Crippen MR) is 87.8 cm³/mol. The number of nitrogens with two attached hydrogens (primary N) is 1. The van der Waals surface area contributed by atoms with Gasteiger partial charge >= 0.3 is 0 Å². The van der Waals surface area contributed by atoms with Crippen molar-refractivity contribution in [3.05, 3.63) is 17.5 Å². The fourth-order valence-electron chi connectivity index (χ4n) is 1.45. The van der Waals surface area contributed by atoms with Crippen molar-refractivity contribution in [2.24, 2.45) is 5.92 Å². The van der Waals surface area contributed by atoms with E-state index in [4.69, 9.17) is 10.5 Å². The predicted octanol–water partition coefficient (Wildman–Crippen LogP) is 2.12. The van der Waals surface area contributed by atoms with Crippen LogP contribution in [0.15, 0.2) is 12.7 Å². The maximum absolute atomic E-state index is 12.0. The fraction of sp³-hybridized carbons (Fsp3) is 0.571. The number of anilines is 2. The lowest BCUT2D eigenvalue weighted by Gasteiger charge is -2.05. The summed E-state index contributed by atoms with van der Waals surface area (Å²) in [6.45, 7) is 10.1. The van der Waals surface area contributed by atoms with Crippen molar-refractivity contribution >= 4 is 28.2 Å².